The van der Waals surface area contributed by atoms with Crippen molar-refractivity contribution in [1.29, 1.82) is 0 Å². The molecule has 0 radical (unpaired) electrons. The average Bonchev–Trinajstić information content (AvgIpc) is 2.48. The van der Waals surface area contributed by atoms with E-state index in [2.05, 4.69) is 40.2 Å². The predicted molar refractivity (Wildman–Crippen MR) is 90.4 cm³/mol. The van der Waals surface area contributed by atoms with Crippen molar-refractivity contribution in [3.8, 4) is 0 Å². The van der Waals surface area contributed by atoms with Crippen LogP contribution in [0.5, 0.6) is 0 Å². The number of likely N-dealkylation sites (N-methyl/N-ethyl adjacent to an activating group) is 2. The first-order valence-corrected chi connectivity index (χ1v) is 8.59. The van der Waals surface area contributed by atoms with Gasteiger partial charge < -0.3 is 10.2 Å². The highest BCUT2D eigenvalue weighted by Gasteiger charge is 2.43. The fraction of sp³-hybridized carbons (Fsp3) is 0.625. The SMILES string of the molecule is CNC(c1ccc(Br)c(Cl)c1F)C1(N(C)C)CCCCC1. The van der Waals surface area contributed by atoms with Crippen LogP contribution in [0.25, 0.3) is 0 Å². The topological polar surface area (TPSA) is 15.3 Å². The highest BCUT2D eigenvalue weighted by atomic mass is 79.9. The van der Waals surface area contributed by atoms with Crippen LogP contribution in [-0.4, -0.2) is 31.6 Å². The minimum Gasteiger partial charge on any atom is -0.311 e. The van der Waals surface area contributed by atoms with E-state index in [9.17, 15) is 4.39 Å². The molecule has 1 aromatic carbocycles. The second-order valence-electron chi connectivity index (χ2n) is 6.04. The first kappa shape index (κ1) is 17.2. The van der Waals surface area contributed by atoms with Gasteiger partial charge >= 0.3 is 0 Å². The van der Waals surface area contributed by atoms with Crippen molar-refractivity contribution in [2.45, 2.75) is 43.7 Å². The molecule has 1 fully saturated rings. The van der Waals surface area contributed by atoms with Crippen molar-refractivity contribution in [2.75, 3.05) is 21.1 Å². The van der Waals surface area contributed by atoms with E-state index in [-0.39, 0.29) is 22.4 Å². The Balaban J connectivity index is 2.49. The molecule has 0 heterocycles. The number of rotatable bonds is 4. The van der Waals surface area contributed by atoms with Crippen LogP contribution in [0.1, 0.15) is 43.7 Å². The summed E-state index contributed by atoms with van der Waals surface area (Å²) in [6.07, 6.45) is 5.76. The van der Waals surface area contributed by atoms with E-state index in [0.717, 1.165) is 12.8 Å². The molecule has 0 aromatic heterocycles. The Hall–Kier alpha value is -0.160. The zero-order valence-electron chi connectivity index (χ0n) is 12.8. The first-order valence-electron chi connectivity index (χ1n) is 7.42. The lowest BCUT2D eigenvalue weighted by atomic mass is 9.73. The molecule has 1 aliphatic carbocycles. The lowest BCUT2D eigenvalue weighted by Gasteiger charge is -2.48. The van der Waals surface area contributed by atoms with Crippen LogP contribution >= 0.6 is 27.5 Å². The van der Waals surface area contributed by atoms with Crippen LogP contribution in [0.4, 0.5) is 4.39 Å². The van der Waals surface area contributed by atoms with Crippen LogP contribution in [0, 0.1) is 5.82 Å². The van der Waals surface area contributed by atoms with Crippen molar-refractivity contribution in [1.82, 2.24) is 10.2 Å². The minimum atomic E-state index is -0.322. The standard InChI is InChI=1S/C16H23BrClFN2/c1-20-15(11-7-8-12(17)13(18)14(11)19)16(21(2)3)9-5-4-6-10-16/h7-8,15,20H,4-6,9-10H2,1-3H3. The maximum absolute atomic E-state index is 14.7. The third-order valence-corrected chi connectivity index (χ3v) is 6.07. The van der Waals surface area contributed by atoms with Crippen LogP contribution in [0.3, 0.4) is 0 Å². The van der Waals surface area contributed by atoms with Gasteiger partial charge in [-0.2, -0.15) is 0 Å². The zero-order valence-corrected chi connectivity index (χ0v) is 15.2. The smallest absolute Gasteiger partial charge is 0.147 e. The molecular weight excluding hydrogens is 355 g/mol. The maximum Gasteiger partial charge on any atom is 0.147 e. The summed E-state index contributed by atoms with van der Waals surface area (Å²) in [6.45, 7) is 0. The van der Waals surface area contributed by atoms with E-state index < -0.39 is 0 Å². The molecule has 5 heteroatoms. The Morgan fingerprint density at radius 3 is 2.43 bits per heavy atom. The summed E-state index contributed by atoms with van der Waals surface area (Å²) >= 11 is 9.37. The number of hydrogen-bond acceptors (Lipinski definition) is 2. The van der Waals surface area contributed by atoms with Gasteiger partial charge in [0, 0.05) is 15.6 Å². The number of nitrogens with one attached hydrogen (secondary N) is 1. The van der Waals surface area contributed by atoms with Gasteiger partial charge in [0.25, 0.3) is 0 Å². The van der Waals surface area contributed by atoms with Gasteiger partial charge in [-0.3, -0.25) is 0 Å². The molecule has 1 saturated carbocycles. The van der Waals surface area contributed by atoms with Crippen molar-refractivity contribution in [2.24, 2.45) is 0 Å². The van der Waals surface area contributed by atoms with Gasteiger partial charge in [-0.15, -0.1) is 0 Å². The number of nitrogens with zero attached hydrogens (tertiary/aromatic N) is 1. The van der Waals surface area contributed by atoms with Crippen molar-refractivity contribution in [3.63, 3.8) is 0 Å². The van der Waals surface area contributed by atoms with E-state index in [1.807, 2.05) is 19.2 Å². The summed E-state index contributed by atoms with van der Waals surface area (Å²) < 4.78 is 15.3. The molecular formula is C16H23BrClFN2. The van der Waals surface area contributed by atoms with Crippen molar-refractivity contribution < 1.29 is 4.39 Å². The Morgan fingerprint density at radius 2 is 1.90 bits per heavy atom. The maximum atomic E-state index is 14.7. The highest BCUT2D eigenvalue weighted by Crippen LogP contribution is 2.43. The molecule has 1 unspecified atom stereocenters. The lowest BCUT2D eigenvalue weighted by Crippen LogP contribution is -2.54. The van der Waals surface area contributed by atoms with Gasteiger partial charge in [0.05, 0.1) is 11.1 Å². The van der Waals surface area contributed by atoms with Crippen LogP contribution in [0.2, 0.25) is 5.02 Å². The highest BCUT2D eigenvalue weighted by molar-refractivity contribution is 9.10. The summed E-state index contributed by atoms with van der Waals surface area (Å²) in [5.41, 5.74) is 0.589. The number of halogens is 3. The summed E-state index contributed by atoms with van der Waals surface area (Å²) in [5.74, 6) is -0.322. The monoisotopic (exact) mass is 376 g/mol. The molecule has 2 nitrogen and oxygen atoms in total. The summed E-state index contributed by atoms with van der Waals surface area (Å²) in [4.78, 5) is 2.25. The average molecular weight is 378 g/mol. The fourth-order valence-electron chi connectivity index (χ4n) is 3.64. The lowest BCUT2D eigenvalue weighted by molar-refractivity contribution is 0.0580. The number of hydrogen-bond donors (Lipinski definition) is 1. The molecule has 0 aliphatic heterocycles. The molecule has 0 amide bonds. The Bertz CT molecular complexity index is 501. The molecule has 1 atom stereocenters. The molecule has 1 aromatic rings. The van der Waals surface area contributed by atoms with Crippen molar-refractivity contribution >= 4 is 27.5 Å². The van der Waals surface area contributed by atoms with Gasteiger partial charge in [0.15, 0.2) is 0 Å². The second-order valence-corrected chi connectivity index (χ2v) is 7.28. The van der Waals surface area contributed by atoms with Crippen LogP contribution in [-0.2, 0) is 0 Å². The third kappa shape index (κ3) is 3.14. The molecule has 2 rings (SSSR count). The summed E-state index contributed by atoms with van der Waals surface area (Å²) in [7, 11) is 6.09. The molecule has 118 valence electrons. The fourth-order valence-corrected chi connectivity index (χ4v) is 4.11. The molecule has 0 bridgehead atoms. The van der Waals surface area contributed by atoms with Crippen LogP contribution in [0.15, 0.2) is 16.6 Å². The van der Waals surface area contributed by atoms with Gasteiger partial charge in [-0.25, -0.2) is 4.39 Å². The molecule has 1 N–H and O–H groups in total. The van der Waals surface area contributed by atoms with Crippen LogP contribution < -0.4 is 5.32 Å². The quantitative estimate of drug-likeness (QED) is 0.761. The first-order chi connectivity index (χ1) is 9.94. The normalized spacial score (nSPS) is 19.8. The second kappa shape index (κ2) is 6.95. The molecule has 1 aliphatic rings. The van der Waals surface area contributed by atoms with Gasteiger partial charge in [-0.1, -0.05) is 36.9 Å². The predicted octanol–water partition coefficient (Wildman–Crippen LogP) is 4.77. The molecule has 0 spiro atoms. The molecule has 0 saturated heterocycles. The summed E-state index contributed by atoms with van der Waals surface area (Å²) in [5, 5.41) is 3.51. The minimum absolute atomic E-state index is 0.0645. The zero-order chi connectivity index (χ0) is 15.6. The largest absolute Gasteiger partial charge is 0.311 e. The van der Waals surface area contributed by atoms with E-state index in [1.54, 1.807) is 0 Å². The molecule has 21 heavy (non-hydrogen) atoms. The summed E-state index contributed by atoms with van der Waals surface area (Å²) in [6, 6.07) is 3.60. The number of benzene rings is 1. The Labute approximate surface area is 140 Å². The van der Waals surface area contributed by atoms with E-state index in [0.29, 0.717) is 10.0 Å². The van der Waals surface area contributed by atoms with Crippen molar-refractivity contribution in [3.05, 3.63) is 33.0 Å². The van der Waals surface area contributed by atoms with E-state index in [1.165, 1.54) is 19.3 Å². The van der Waals surface area contributed by atoms with E-state index >= 15 is 0 Å². The Kier molecular flexibility index (Phi) is 5.69. The van der Waals surface area contributed by atoms with Gasteiger partial charge in [-0.05, 0) is 56.0 Å². The van der Waals surface area contributed by atoms with E-state index in [4.69, 9.17) is 11.6 Å². The van der Waals surface area contributed by atoms with Gasteiger partial charge in [0.2, 0.25) is 0 Å². The Morgan fingerprint density at radius 1 is 1.29 bits per heavy atom. The third-order valence-electron chi connectivity index (χ3n) is 4.81. The van der Waals surface area contributed by atoms with Gasteiger partial charge in [0.1, 0.15) is 5.82 Å².